The summed E-state index contributed by atoms with van der Waals surface area (Å²) in [4.78, 5) is 25.6. The normalized spacial score (nSPS) is 13.0. The van der Waals surface area contributed by atoms with Gasteiger partial charge in [-0.3, -0.25) is 9.59 Å². The quantitative estimate of drug-likeness (QED) is 0.783. The van der Waals surface area contributed by atoms with Crippen molar-refractivity contribution in [3.8, 4) is 12.3 Å². The van der Waals surface area contributed by atoms with Crippen molar-refractivity contribution in [2.24, 2.45) is 0 Å². The van der Waals surface area contributed by atoms with Crippen molar-refractivity contribution in [2.75, 3.05) is 13.1 Å². The third-order valence-electron chi connectivity index (χ3n) is 3.52. The Bertz CT molecular complexity index is 533. The van der Waals surface area contributed by atoms with E-state index in [0.717, 1.165) is 6.42 Å². The van der Waals surface area contributed by atoms with Gasteiger partial charge in [0.25, 0.3) is 0 Å². The van der Waals surface area contributed by atoms with Crippen molar-refractivity contribution < 1.29 is 14.7 Å². The number of carbonyl (C=O) groups excluding carboxylic acids is 1. The molecule has 112 valence electrons. The molecule has 1 N–H and O–H groups in total. The summed E-state index contributed by atoms with van der Waals surface area (Å²) in [6.45, 7) is 4.26. The first-order chi connectivity index (χ1) is 9.95. The van der Waals surface area contributed by atoms with Crippen LogP contribution in [0.5, 0.6) is 0 Å². The van der Waals surface area contributed by atoms with Crippen molar-refractivity contribution >= 4 is 11.9 Å². The summed E-state index contributed by atoms with van der Waals surface area (Å²) in [6, 6.07) is 8.81. The zero-order valence-corrected chi connectivity index (χ0v) is 12.5. The van der Waals surface area contributed by atoms with Crippen LogP contribution in [-0.2, 0) is 15.0 Å². The van der Waals surface area contributed by atoms with Gasteiger partial charge in [0.2, 0.25) is 5.91 Å². The van der Waals surface area contributed by atoms with E-state index < -0.39 is 11.4 Å². The molecule has 0 aliphatic carbocycles. The van der Waals surface area contributed by atoms with Gasteiger partial charge in [0.1, 0.15) is 0 Å². The SMILES string of the molecule is C#CCN(CCC)C(=O)CC(C)(C(=O)O)c1ccccc1. The van der Waals surface area contributed by atoms with Crippen LogP contribution in [0.25, 0.3) is 0 Å². The van der Waals surface area contributed by atoms with Gasteiger partial charge in [-0.25, -0.2) is 0 Å². The van der Waals surface area contributed by atoms with E-state index in [2.05, 4.69) is 5.92 Å². The van der Waals surface area contributed by atoms with Gasteiger partial charge in [-0.2, -0.15) is 0 Å². The van der Waals surface area contributed by atoms with Gasteiger partial charge in [0.05, 0.1) is 12.0 Å². The van der Waals surface area contributed by atoms with Crippen LogP contribution in [0, 0.1) is 12.3 Å². The van der Waals surface area contributed by atoms with Gasteiger partial charge in [0.15, 0.2) is 0 Å². The van der Waals surface area contributed by atoms with E-state index in [1.54, 1.807) is 31.2 Å². The first kappa shape index (κ1) is 16.8. The fourth-order valence-corrected chi connectivity index (χ4v) is 2.19. The highest BCUT2D eigenvalue weighted by molar-refractivity contribution is 5.89. The number of rotatable bonds is 7. The van der Waals surface area contributed by atoms with Crippen molar-refractivity contribution in [2.45, 2.75) is 32.1 Å². The molecule has 0 saturated heterocycles. The zero-order chi connectivity index (χ0) is 15.9. The van der Waals surface area contributed by atoms with E-state index in [-0.39, 0.29) is 18.9 Å². The monoisotopic (exact) mass is 287 g/mol. The highest BCUT2D eigenvalue weighted by Gasteiger charge is 2.38. The summed E-state index contributed by atoms with van der Waals surface area (Å²) in [7, 11) is 0. The standard InChI is InChI=1S/C17H21NO3/c1-4-11-18(12-5-2)15(19)13-17(3,16(20)21)14-9-7-6-8-10-14/h1,6-10H,5,11-13H2,2-3H3,(H,20,21). The third-order valence-corrected chi connectivity index (χ3v) is 3.52. The molecule has 0 heterocycles. The smallest absolute Gasteiger partial charge is 0.314 e. The van der Waals surface area contributed by atoms with E-state index >= 15 is 0 Å². The van der Waals surface area contributed by atoms with E-state index in [9.17, 15) is 14.7 Å². The fourth-order valence-electron chi connectivity index (χ4n) is 2.19. The highest BCUT2D eigenvalue weighted by Crippen LogP contribution is 2.28. The number of amides is 1. The first-order valence-corrected chi connectivity index (χ1v) is 6.96. The Labute approximate surface area is 125 Å². The number of benzene rings is 1. The van der Waals surface area contributed by atoms with Crippen LogP contribution in [0.2, 0.25) is 0 Å². The maximum absolute atomic E-state index is 12.4. The molecule has 1 atom stereocenters. The average molecular weight is 287 g/mol. The Morgan fingerprint density at radius 2 is 1.95 bits per heavy atom. The third kappa shape index (κ3) is 4.09. The van der Waals surface area contributed by atoms with Gasteiger partial charge in [-0.15, -0.1) is 6.42 Å². The fraction of sp³-hybridized carbons (Fsp3) is 0.412. The van der Waals surface area contributed by atoms with Gasteiger partial charge >= 0.3 is 5.97 Å². The van der Waals surface area contributed by atoms with Gasteiger partial charge in [0, 0.05) is 13.0 Å². The van der Waals surface area contributed by atoms with Crippen molar-refractivity contribution in [3.05, 3.63) is 35.9 Å². The molecule has 0 aliphatic rings. The van der Waals surface area contributed by atoms with Crippen LogP contribution in [0.1, 0.15) is 32.3 Å². The second kappa shape index (κ2) is 7.49. The second-order valence-electron chi connectivity index (χ2n) is 5.20. The van der Waals surface area contributed by atoms with Crippen LogP contribution in [0.4, 0.5) is 0 Å². The van der Waals surface area contributed by atoms with Crippen LogP contribution in [0.15, 0.2) is 30.3 Å². The Balaban J connectivity index is 3.01. The van der Waals surface area contributed by atoms with Crippen LogP contribution in [0.3, 0.4) is 0 Å². The summed E-state index contributed by atoms with van der Waals surface area (Å²) in [5.74, 6) is 1.20. The molecule has 0 saturated carbocycles. The van der Waals surface area contributed by atoms with Crippen molar-refractivity contribution in [1.29, 1.82) is 0 Å². The minimum absolute atomic E-state index is 0.103. The minimum atomic E-state index is -1.25. The Hall–Kier alpha value is -2.28. The number of carboxylic acids is 1. The second-order valence-corrected chi connectivity index (χ2v) is 5.20. The van der Waals surface area contributed by atoms with Crippen LogP contribution < -0.4 is 0 Å². The number of aliphatic carboxylic acids is 1. The molecule has 1 rings (SSSR count). The molecule has 1 unspecified atom stereocenters. The van der Waals surface area contributed by atoms with E-state index in [1.165, 1.54) is 4.90 Å². The maximum Gasteiger partial charge on any atom is 0.314 e. The topological polar surface area (TPSA) is 57.6 Å². The molecule has 0 fully saturated rings. The lowest BCUT2D eigenvalue weighted by Gasteiger charge is -2.28. The predicted octanol–water partition coefficient (Wildman–Crippen LogP) is 2.29. The first-order valence-electron chi connectivity index (χ1n) is 6.96. The van der Waals surface area contributed by atoms with Crippen LogP contribution in [-0.4, -0.2) is 35.0 Å². The Morgan fingerprint density at radius 3 is 2.43 bits per heavy atom. The number of carbonyl (C=O) groups is 2. The molecule has 0 spiro atoms. The Kier molecular flexibility index (Phi) is 5.98. The minimum Gasteiger partial charge on any atom is -0.481 e. The van der Waals surface area contributed by atoms with Crippen molar-refractivity contribution in [1.82, 2.24) is 4.90 Å². The van der Waals surface area contributed by atoms with Gasteiger partial charge in [-0.05, 0) is 18.9 Å². The zero-order valence-electron chi connectivity index (χ0n) is 12.5. The largest absolute Gasteiger partial charge is 0.481 e. The molecule has 0 radical (unpaired) electrons. The van der Waals surface area contributed by atoms with E-state index in [1.807, 2.05) is 13.0 Å². The number of terminal acetylenes is 1. The average Bonchev–Trinajstić information content (AvgIpc) is 2.47. The lowest BCUT2D eigenvalue weighted by atomic mass is 9.79. The number of nitrogens with zero attached hydrogens (tertiary/aromatic N) is 1. The summed E-state index contributed by atoms with van der Waals surface area (Å²) in [6.07, 6.45) is 5.95. The molecule has 0 bridgehead atoms. The Morgan fingerprint density at radius 1 is 1.33 bits per heavy atom. The molecule has 1 amide bonds. The number of hydrogen-bond acceptors (Lipinski definition) is 2. The summed E-state index contributed by atoms with van der Waals surface area (Å²) < 4.78 is 0. The molecule has 0 aromatic heterocycles. The van der Waals surface area contributed by atoms with Gasteiger partial charge in [-0.1, -0.05) is 43.2 Å². The lowest BCUT2D eigenvalue weighted by molar-refractivity contribution is -0.147. The molecule has 4 heteroatoms. The van der Waals surface area contributed by atoms with E-state index in [4.69, 9.17) is 6.42 Å². The summed E-state index contributed by atoms with van der Waals surface area (Å²) >= 11 is 0. The molecule has 21 heavy (non-hydrogen) atoms. The molecule has 1 aromatic carbocycles. The highest BCUT2D eigenvalue weighted by atomic mass is 16.4. The molecule has 0 aliphatic heterocycles. The summed E-state index contributed by atoms with van der Waals surface area (Å²) in [5, 5.41) is 9.57. The number of hydrogen-bond donors (Lipinski definition) is 1. The number of carboxylic acid groups (broad SMARTS) is 1. The molecular formula is C17H21NO3. The molecule has 4 nitrogen and oxygen atoms in total. The van der Waals surface area contributed by atoms with E-state index in [0.29, 0.717) is 12.1 Å². The van der Waals surface area contributed by atoms with Crippen LogP contribution >= 0.6 is 0 Å². The maximum atomic E-state index is 12.4. The molecule has 1 aromatic rings. The van der Waals surface area contributed by atoms with Crippen molar-refractivity contribution in [3.63, 3.8) is 0 Å². The summed E-state index contributed by atoms with van der Waals surface area (Å²) in [5.41, 5.74) is -0.637. The molecular weight excluding hydrogens is 266 g/mol. The van der Waals surface area contributed by atoms with Gasteiger partial charge < -0.3 is 10.0 Å². The lowest BCUT2D eigenvalue weighted by Crippen LogP contribution is -2.41. The predicted molar refractivity (Wildman–Crippen MR) is 81.8 cm³/mol.